The lowest BCUT2D eigenvalue weighted by atomic mass is 10.1. The molecule has 1 atom stereocenters. The number of halogens is 1. The predicted octanol–water partition coefficient (Wildman–Crippen LogP) is 1.64. The highest BCUT2D eigenvalue weighted by Gasteiger charge is 2.21. The number of ether oxygens (including phenoxy) is 3. The minimum Gasteiger partial charge on any atom is -0.493 e. The number of hydrogen-bond donors (Lipinski definition) is 1. The Hall–Kier alpha value is -1.27. The normalized spacial score (nSPS) is 11.8. The van der Waals surface area contributed by atoms with Crippen molar-refractivity contribution < 1.29 is 19.0 Å². The number of esters is 1. The number of hydrogen-bond acceptors (Lipinski definition) is 5. The lowest BCUT2D eigenvalue weighted by Gasteiger charge is -2.15. The summed E-state index contributed by atoms with van der Waals surface area (Å²) < 4.78 is 15.5. The Labute approximate surface area is 108 Å². The molecule has 6 heteroatoms. The van der Waals surface area contributed by atoms with Gasteiger partial charge in [0.1, 0.15) is 6.04 Å². The van der Waals surface area contributed by atoms with Gasteiger partial charge >= 0.3 is 5.97 Å². The van der Waals surface area contributed by atoms with Gasteiger partial charge in [-0.1, -0.05) is 15.9 Å². The summed E-state index contributed by atoms with van der Waals surface area (Å²) in [4.78, 5) is 11.4. The van der Waals surface area contributed by atoms with Crippen molar-refractivity contribution in [2.24, 2.45) is 5.73 Å². The number of benzene rings is 1. The van der Waals surface area contributed by atoms with E-state index >= 15 is 0 Å². The molecule has 1 rings (SSSR count). The van der Waals surface area contributed by atoms with E-state index in [0.29, 0.717) is 21.5 Å². The van der Waals surface area contributed by atoms with Crippen LogP contribution in [-0.4, -0.2) is 27.3 Å². The van der Waals surface area contributed by atoms with Crippen LogP contribution in [0.4, 0.5) is 0 Å². The monoisotopic (exact) mass is 303 g/mol. The predicted molar refractivity (Wildman–Crippen MR) is 66.2 cm³/mol. The molecule has 1 aromatic rings. The number of methoxy groups -OCH3 is 3. The topological polar surface area (TPSA) is 70.8 Å². The molecule has 0 fully saturated rings. The smallest absolute Gasteiger partial charge is 0.327 e. The van der Waals surface area contributed by atoms with E-state index in [-0.39, 0.29) is 0 Å². The summed E-state index contributed by atoms with van der Waals surface area (Å²) in [6.07, 6.45) is 0. The third-order valence-electron chi connectivity index (χ3n) is 2.29. The number of carbonyl (C=O) groups is 1. The van der Waals surface area contributed by atoms with Crippen LogP contribution < -0.4 is 15.2 Å². The third-order valence-corrected chi connectivity index (χ3v) is 2.98. The van der Waals surface area contributed by atoms with Gasteiger partial charge < -0.3 is 19.9 Å². The zero-order valence-electron chi connectivity index (χ0n) is 9.82. The van der Waals surface area contributed by atoms with Crippen LogP contribution >= 0.6 is 15.9 Å². The van der Waals surface area contributed by atoms with Gasteiger partial charge in [-0.3, -0.25) is 4.79 Å². The second-order valence-corrected chi connectivity index (χ2v) is 4.08. The molecule has 94 valence electrons. The first kappa shape index (κ1) is 13.8. The van der Waals surface area contributed by atoms with Gasteiger partial charge in [0.05, 0.1) is 21.3 Å². The molecule has 0 amide bonds. The summed E-state index contributed by atoms with van der Waals surface area (Å²) in [6.45, 7) is 0. The van der Waals surface area contributed by atoms with Crippen molar-refractivity contribution in [3.8, 4) is 11.5 Å². The SMILES string of the molecule is COC(=O)C(N)c1cc(OC)c(OC)cc1Br. The van der Waals surface area contributed by atoms with Gasteiger partial charge in [0.25, 0.3) is 0 Å². The molecule has 5 nitrogen and oxygen atoms in total. The van der Waals surface area contributed by atoms with Crippen LogP contribution in [0.1, 0.15) is 11.6 Å². The Morgan fingerprint density at radius 1 is 1.24 bits per heavy atom. The molecule has 0 aromatic heterocycles. The first-order valence-corrected chi connectivity index (χ1v) is 5.59. The van der Waals surface area contributed by atoms with Gasteiger partial charge in [0.15, 0.2) is 11.5 Å². The largest absolute Gasteiger partial charge is 0.493 e. The average molecular weight is 304 g/mol. The Morgan fingerprint density at radius 2 is 1.76 bits per heavy atom. The van der Waals surface area contributed by atoms with Crippen LogP contribution in [0.3, 0.4) is 0 Å². The minimum atomic E-state index is -0.866. The molecular weight excluding hydrogens is 290 g/mol. The molecule has 17 heavy (non-hydrogen) atoms. The minimum absolute atomic E-state index is 0.505. The maximum Gasteiger partial charge on any atom is 0.327 e. The summed E-state index contributed by atoms with van der Waals surface area (Å²) in [5.74, 6) is 0.545. The quantitative estimate of drug-likeness (QED) is 0.856. The molecule has 0 saturated carbocycles. The lowest BCUT2D eigenvalue weighted by Crippen LogP contribution is -2.23. The molecule has 2 N–H and O–H groups in total. The Morgan fingerprint density at radius 3 is 2.24 bits per heavy atom. The fourth-order valence-corrected chi connectivity index (χ4v) is 1.93. The van der Waals surface area contributed by atoms with Crippen molar-refractivity contribution in [3.05, 3.63) is 22.2 Å². The molecule has 0 heterocycles. The van der Waals surface area contributed by atoms with Gasteiger partial charge in [0, 0.05) is 4.47 Å². The van der Waals surface area contributed by atoms with Crippen molar-refractivity contribution >= 4 is 21.9 Å². The zero-order valence-corrected chi connectivity index (χ0v) is 11.4. The highest BCUT2D eigenvalue weighted by molar-refractivity contribution is 9.10. The Bertz CT molecular complexity index is 422. The van der Waals surface area contributed by atoms with Gasteiger partial charge in [-0.05, 0) is 17.7 Å². The van der Waals surface area contributed by atoms with E-state index in [0.717, 1.165) is 0 Å². The van der Waals surface area contributed by atoms with Crippen LogP contribution in [0.25, 0.3) is 0 Å². The number of carbonyl (C=O) groups excluding carboxylic acids is 1. The van der Waals surface area contributed by atoms with E-state index in [1.54, 1.807) is 12.1 Å². The fraction of sp³-hybridized carbons (Fsp3) is 0.364. The van der Waals surface area contributed by atoms with Crippen LogP contribution in [-0.2, 0) is 9.53 Å². The van der Waals surface area contributed by atoms with E-state index < -0.39 is 12.0 Å². The molecule has 0 saturated heterocycles. The number of rotatable bonds is 4. The average Bonchev–Trinajstić information content (AvgIpc) is 2.36. The molecule has 0 aliphatic rings. The highest BCUT2D eigenvalue weighted by atomic mass is 79.9. The van der Waals surface area contributed by atoms with Crippen molar-refractivity contribution in [2.45, 2.75) is 6.04 Å². The van der Waals surface area contributed by atoms with Crippen molar-refractivity contribution in [3.63, 3.8) is 0 Å². The van der Waals surface area contributed by atoms with Gasteiger partial charge in [-0.15, -0.1) is 0 Å². The van der Waals surface area contributed by atoms with E-state index in [4.69, 9.17) is 15.2 Å². The maximum atomic E-state index is 11.4. The van der Waals surface area contributed by atoms with Gasteiger partial charge in [0.2, 0.25) is 0 Å². The molecule has 0 spiro atoms. The van der Waals surface area contributed by atoms with Crippen LogP contribution in [0.15, 0.2) is 16.6 Å². The second kappa shape index (κ2) is 5.88. The molecule has 0 aliphatic heterocycles. The summed E-state index contributed by atoms with van der Waals surface area (Å²) in [5, 5.41) is 0. The Kier molecular flexibility index (Phi) is 4.77. The Balaban J connectivity index is 3.21. The molecule has 0 aliphatic carbocycles. The van der Waals surface area contributed by atoms with E-state index in [2.05, 4.69) is 20.7 Å². The summed E-state index contributed by atoms with van der Waals surface area (Å²) >= 11 is 3.33. The zero-order chi connectivity index (χ0) is 13.0. The highest BCUT2D eigenvalue weighted by Crippen LogP contribution is 2.35. The fourth-order valence-electron chi connectivity index (χ4n) is 1.36. The first-order chi connectivity index (χ1) is 8.04. The summed E-state index contributed by atoms with van der Waals surface area (Å²) in [7, 11) is 4.33. The maximum absolute atomic E-state index is 11.4. The molecule has 1 unspecified atom stereocenters. The number of nitrogens with two attached hydrogens (primary N) is 1. The molecular formula is C11H14BrNO4. The van der Waals surface area contributed by atoms with Crippen molar-refractivity contribution in [2.75, 3.05) is 21.3 Å². The van der Waals surface area contributed by atoms with Gasteiger partial charge in [-0.25, -0.2) is 0 Å². The summed E-state index contributed by atoms with van der Waals surface area (Å²) in [5.41, 5.74) is 6.34. The van der Waals surface area contributed by atoms with Crippen LogP contribution in [0, 0.1) is 0 Å². The van der Waals surface area contributed by atoms with E-state index in [9.17, 15) is 4.79 Å². The standard InChI is InChI=1S/C11H14BrNO4/c1-15-8-4-6(10(13)11(14)17-3)7(12)5-9(8)16-2/h4-5,10H,13H2,1-3H3. The summed E-state index contributed by atoms with van der Waals surface area (Å²) in [6, 6.07) is 2.47. The molecule has 0 bridgehead atoms. The van der Waals surface area contributed by atoms with E-state index in [1.807, 2.05) is 0 Å². The van der Waals surface area contributed by atoms with Crippen LogP contribution in [0.2, 0.25) is 0 Å². The van der Waals surface area contributed by atoms with Crippen molar-refractivity contribution in [1.82, 2.24) is 0 Å². The van der Waals surface area contributed by atoms with Crippen molar-refractivity contribution in [1.29, 1.82) is 0 Å². The first-order valence-electron chi connectivity index (χ1n) is 4.80. The molecule has 1 aromatic carbocycles. The van der Waals surface area contributed by atoms with Crippen LogP contribution in [0.5, 0.6) is 11.5 Å². The second-order valence-electron chi connectivity index (χ2n) is 3.23. The molecule has 0 radical (unpaired) electrons. The lowest BCUT2D eigenvalue weighted by molar-refractivity contribution is -0.142. The third kappa shape index (κ3) is 2.89. The van der Waals surface area contributed by atoms with E-state index in [1.165, 1.54) is 21.3 Å². The van der Waals surface area contributed by atoms with Gasteiger partial charge in [-0.2, -0.15) is 0 Å².